The smallest absolute Gasteiger partial charge is 0.405 e. The van der Waals surface area contributed by atoms with Gasteiger partial charge in [0, 0.05) is 6.54 Å². The number of rotatable bonds is 5. The summed E-state index contributed by atoms with van der Waals surface area (Å²) in [6.45, 7) is 1.90. The third kappa shape index (κ3) is 5.48. The van der Waals surface area contributed by atoms with Gasteiger partial charge >= 0.3 is 6.36 Å². The topological polar surface area (TPSA) is 64.3 Å². The molecule has 106 valence electrons. The third-order valence-electron chi connectivity index (χ3n) is 2.26. The van der Waals surface area contributed by atoms with Crippen LogP contribution in [-0.2, 0) is 11.3 Å². The predicted octanol–water partition coefficient (Wildman–Crippen LogP) is 2.31. The number of halogens is 4. The van der Waals surface area contributed by atoms with Crippen molar-refractivity contribution < 1.29 is 22.7 Å². The summed E-state index contributed by atoms with van der Waals surface area (Å²) in [7, 11) is 0. The molecule has 1 amide bonds. The van der Waals surface area contributed by atoms with Crippen LogP contribution in [0.1, 0.15) is 12.5 Å². The summed E-state index contributed by atoms with van der Waals surface area (Å²) in [4.78, 5) is 10.8. The molecule has 19 heavy (non-hydrogen) atoms. The van der Waals surface area contributed by atoms with Gasteiger partial charge in [-0.2, -0.15) is 0 Å². The summed E-state index contributed by atoms with van der Waals surface area (Å²) in [6.07, 6.45) is -4.73. The average Bonchev–Trinajstić information content (AvgIpc) is 2.27. The number of nitrogens with one attached hydrogen (secondary N) is 1. The lowest BCUT2D eigenvalue weighted by atomic mass is 10.2. The van der Waals surface area contributed by atoms with Gasteiger partial charge in [0.2, 0.25) is 5.91 Å². The van der Waals surface area contributed by atoms with Crippen LogP contribution in [0.15, 0.2) is 22.7 Å². The summed E-state index contributed by atoms with van der Waals surface area (Å²) < 4.78 is 40.2. The molecule has 1 unspecified atom stereocenters. The molecule has 0 aliphatic heterocycles. The zero-order valence-electron chi connectivity index (χ0n) is 9.92. The van der Waals surface area contributed by atoms with E-state index in [9.17, 15) is 18.0 Å². The number of primary amides is 1. The molecule has 0 radical (unpaired) electrons. The SMILES string of the molecule is CC(NCc1ccc(OC(F)(F)F)c(Br)c1)C(N)=O. The number of carbonyl (C=O) groups excluding carboxylic acids is 1. The van der Waals surface area contributed by atoms with E-state index in [2.05, 4.69) is 26.0 Å². The quantitative estimate of drug-likeness (QED) is 0.864. The predicted molar refractivity (Wildman–Crippen MR) is 66.3 cm³/mol. The maximum atomic E-state index is 12.1. The zero-order valence-corrected chi connectivity index (χ0v) is 11.5. The van der Waals surface area contributed by atoms with E-state index in [0.717, 1.165) is 0 Å². The number of carbonyl (C=O) groups is 1. The largest absolute Gasteiger partial charge is 0.573 e. The molecule has 0 aliphatic rings. The molecular formula is C11H12BrF3N2O2. The minimum atomic E-state index is -4.73. The first-order valence-electron chi connectivity index (χ1n) is 5.26. The van der Waals surface area contributed by atoms with Crippen LogP contribution < -0.4 is 15.8 Å². The number of ether oxygens (including phenoxy) is 1. The van der Waals surface area contributed by atoms with Crippen molar-refractivity contribution in [1.82, 2.24) is 5.32 Å². The fraction of sp³-hybridized carbons (Fsp3) is 0.364. The van der Waals surface area contributed by atoms with Gasteiger partial charge in [-0.15, -0.1) is 13.2 Å². The first-order chi connectivity index (χ1) is 8.69. The third-order valence-corrected chi connectivity index (χ3v) is 2.88. The van der Waals surface area contributed by atoms with Crippen LogP contribution in [0.3, 0.4) is 0 Å². The van der Waals surface area contributed by atoms with E-state index in [-0.39, 0.29) is 10.2 Å². The van der Waals surface area contributed by atoms with E-state index in [1.807, 2.05) is 0 Å². The van der Waals surface area contributed by atoms with Crippen molar-refractivity contribution >= 4 is 21.8 Å². The number of alkyl halides is 3. The number of amides is 1. The van der Waals surface area contributed by atoms with E-state index in [1.165, 1.54) is 18.2 Å². The van der Waals surface area contributed by atoms with Crippen molar-refractivity contribution in [2.24, 2.45) is 5.73 Å². The lowest BCUT2D eigenvalue weighted by Crippen LogP contribution is -2.38. The van der Waals surface area contributed by atoms with Crippen LogP contribution in [0, 0.1) is 0 Å². The molecule has 0 saturated heterocycles. The molecule has 0 saturated carbocycles. The molecule has 3 N–H and O–H groups in total. The van der Waals surface area contributed by atoms with Gasteiger partial charge in [-0.25, -0.2) is 0 Å². The summed E-state index contributed by atoms with van der Waals surface area (Å²) >= 11 is 2.99. The van der Waals surface area contributed by atoms with Crippen molar-refractivity contribution in [3.05, 3.63) is 28.2 Å². The lowest BCUT2D eigenvalue weighted by molar-refractivity contribution is -0.274. The van der Waals surface area contributed by atoms with Gasteiger partial charge in [0.15, 0.2) is 0 Å². The van der Waals surface area contributed by atoms with Gasteiger partial charge in [0.05, 0.1) is 10.5 Å². The fourth-order valence-electron chi connectivity index (χ4n) is 1.23. The summed E-state index contributed by atoms with van der Waals surface area (Å²) in [6, 6.07) is 3.61. The minimum absolute atomic E-state index is 0.177. The number of hydrogen-bond donors (Lipinski definition) is 2. The van der Waals surface area contributed by atoms with Crippen molar-refractivity contribution in [3.63, 3.8) is 0 Å². The molecule has 0 bridgehead atoms. The minimum Gasteiger partial charge on any atom is -0.405 e. The lowest BCUT2D eigenvalue weighted by Gasteiger charge is -2.13. The molecule has 0 aliphatic carbocycles. The van der Waals surface area contributed by atoms with Crippen LogP contribution in [0.4, 0.5) is 13.2 Å². The Labute approximate surface area is 116 Å². The van der Waals surface area contributed by atoms with Crippen LogP contribution in [0.25, 0.3) is 0 Å². The maximum Gasteiger partial charge on any atom is 0.573 e. The molecule has 0 spiro atoms. The van der Waals surface area contributed by atoms with Gasteiger partial charge < -0.3 is 15.8 Å². The number of benzene rings is 1. The molecule has 0 fully saturated rings. The van der Waals surface area contributed by atoms with E-state index in [4.69, 9.17) is 5.73 Å². The van der Waals surface area contributed by atoms with Crippen LogP contribution in [0.2, 0.25) is 0 Å². The second-order valence-corrected chi connectivity index (χ2v) is 4.67. The first-order valence-corrected chi connectivity index (χ1v) is 6.05. The standard InChI is InChI=1S/C11H12BrF3N2O2/c1-6(10(16)18)17-5-7-2-3-9(8(12)4-7)19-11(13,14)15/h2-4,6,17H,5H2,1H3,(H2,16,18). The van der Waals surface area contributed by atoms with Crippen LogP contribution >= 0.6 is 15.9 Å². The Balaban J connectivity index is 2.69. The van der Waals surface area contributed by atoms with Crippen LogP contribution in [-0.4, -0.2) is 18.3 Å². The second kappa shape index (κ2) is 6.25. The summed E-state index contributed by atoms with van der Waals surface area (Å²) in [5.41, 5.74) is 5.76. The van der Waals surface area contributed by atoms with Crippen LogP contribution in [0.5, 0.6) is 5.75 Å². The highest BCUT2D eigenvalue weighted by molar-refractivity contribution is 9.10. The number of hydrogen-bond acceptors (Lipinski definition) is 3. The highest BCUT2D eigenvalue weighted by Gasteiger charge is 2.31. The second-order valence-electron chi connectivity index (χ2n) is 3.82. The molecular weight excluding hydrogens is 329 g/mol. The van der Waals surface area contributed by atoms with Gasteiger partial charge in [-0.3, -0.25) is 4.79 Å². The highest BCUT2D eigenvalue weighted by Crippen LogP contribution is 2.31. The summed E-state index contributed by atoms with van der Waals surface area (Å²) in [5.74, 6) is -0.824. The highest BCUT2D eigenvalue weighted by atomic mass is 79.9. The Hall–Kier alpha value is -1.28. The molecule has 0 heterocycles. The van der Waals surface area contributed by atoms with Gasteiger partial charge in [-0.1, -0.05) is 6.07 Å². The average molecular weight is 341 g/mol. The van der Waals surface area contributed by atoms with Gasteiger partial charge in [-0.05, 0) is 40.5 Å². The summed E-state index contributed by atoms with van der Waals surface area (Å²) in [5, 5.41) is 2.83. The Morgan fingerprint density at radius 2 is 2.16 bits per heavy atom. The Bertz CT molecular complexity index is 466. The fourth-order valence-corrected chi connectivity index (χ4v) is 1.74. The molecule has 8 heteroatoms. The Morgan fingerprint density at radius 3 is 2.63 bits per heavy atom. The van der Waals surface area contributed by atoms with E-state index >= 15 is 0 Å². The molecule has 1 atom stereocenters. The van der Waals surface area contributed by atoms with Crippen molar-refractivity contribution in [2.45, 2.75) is 25.9 Å². The molecule has 1 aromatic rings. The van der Waals surface area contributed by atoms with Crippen molar-refractivity contribution in [3.8, 4) is 5.75 Å². The van der Waals surface area contributed by atoms with Gasteiger partial charge in [0.1, 0.15) is 5.75 Å². The Morgan fingerprint density at radius 1 is 1.53 bits per heavy atom. The van der Waals surface area contributed by atoms with E-state index in [0.29, 0.717) is 12.1 Å². The maximum absolute atomic E-state index is 12.1. The molecule has 0 aromatic heterocycles. The zero-order chi connectivity index (χ0) is 14.6. The Kier molecular flexibility index (Phi) is 5.19. The molecule has 1 rings (SSSR count). The normalized spacial score (nSPS) is 13.1. The first kappa shape index (κ1) is 15.8. The molecule has 1 aromatic carbocycles. The number of nitrogens with two attached hydrogens (primary N) is 1. The molecule has 4 nitrogen and oxygen atoms in total. The van der Waals surface area contributed by atoms with Crippen molar-refractivity contribution in [1.29, 1.82) is 0 Å². The van der Waals surface area contributed by atoms with E-state index < -0.39 is 18.3 Å². The van der Waals surface area contributed by atoms with Gasteiger partial charge in [0.25, 0.3) is 0 Å². The monoisotopic (exact) mass is 340 g/mol. The van der Waals surface area contributed by atoms with E-state index in [1.54, 1.807) is 6.92 Å². The van der Waals surface area contributed by atoms with Crippen molar-refractivity contribution in [2.75, 3.05) is 0 Å².